The minimum Gasteiger partial charge on any atom is -0.493 e. The Kier molecular flexibility index (Phi) is 5.31. The molecule has 1 aromatic carbocycles. The van der Waals surface area contributed by atoms with Gasteiger partial charge in [-0.05, 0) is 48.6 Å². The molecule has 1 unspecified atom stereocenters. The molecule has 2 aliphatic heterocycles. The standard InChI is InChI=1S/C23H34F2N2O2/c1-22(2,3)11-17-12-27-7-6-15-8-21(29-14-16-10-23(16,24)25)20(28-5)9-18(15)19(27)13-26(17)4/h8-9,16-17,19H,6-7,10-14H2,1-5H3/t16?,17-,19-/m1/s1. The summed E-state index contributed by atoms with van der Waals surface area (Å²) < 4.78 is 37.7. The predicted molar refractivity (Wildman–Crippen MR) is 110 cm³/mol. The summed E-state index contributed by atoms with van der Waals surface area (Å²) in [6, 6.07) is 5.01. The largest absolute Gasteiger partial charge is 0.493 e. The topological polar surface area (TPSA) is 24.9 Å². The van der Waals surface area contributed by atoms with Crippen LogP contribution in [0.3, 0.4) is 0 Å². The highest BCUT2D eigenvalue weighted by molar-refractivity contribution is 5.50. The van der Waals surface area contributed by atoms with Crippen LogP contribution in [0.1, 0.15) is 50.8 Å². The first-order chi connectivity index (χ1) is 13.6. The molecule has 0 amide bonds. The van der Waals surface area contributed by atoms with Crippen molar-refractivity contribution in [3.8, 4) is 11.5 Å². The van der Waals surface area contributed by atoms with E-state index in [9.17, 15) is 8.78 Å². The molecule has 1 saturated carbocycles. The number of likely N-dealkylation sites (N-methyl/N-ethyl adjacent to an activating group) is 1. The Morgan fingerprint density at radius 2 is 1.90 bits per heavy atom. The van der Waals surface area contributed by atoms with E-state index < -0.39 is 11.8 Å². The Morgan fingerprint density at radius 1 is 1.17 bits per heavy atom. The van der Waals surface area contributed by atoms with Gasteiger partial charge >= 0.3 is 0 Å². The third kappa shape index (κ3) is 4.38. The average molecular weight is 409 g/mol. The van der Waals surface area contributed by atoms with Crippen molar-refractivity contribution >= 4 is 0 Å². The highest BCUT2D eigenvalue weighted by Crippen LogP contribution is 2.49. The predicted octanol–water partition coefficient (Wildman–Crippen LogP) is 4.38. The van der Waals surface area contributed by atoms with Gasteiger partial charge in [0, 0.05) is 38.1 Å². The number of methoxy groups -OCH3 is 1. The first-order valence-electron chi connectivity index (χ1n) is 10.7. The van der Waals surface area contributed by atoms with Crippen LogP contribution in [0.5, 0.6) is 11.5 Å². The van der Waals surface area contributed by atoms with Gasteiger partial charge in [-0.25, -0.2) is 8.78 Å². The number of nitrogens with zero attached hydrogens (tertiary/aromatic N) is 2. The van der Waals surface area contributed by atoms with Gasteiger partial charge in [0.2, 0.25) is 0 Å². The van der Waals surface area contributed by atoms with Crippen LogP contribution in [0.4, 0.5) is 8.78 Å². The van der Waals surface area contributed by atoms with Crippen molar-refractivity contribution in [1.29, 1.82) is 0 Å². The summed E-state index contributed by atoms with van der Waals surface area (Å²) in [4.78, 5) is 5.09. The lowest BCUT2D eigenvalue weighted by molar-refractivity contribution is 0.0213. The Hall–Kier alpha value is -1.40. The molecule has 1 aromatic rings. The molecule has 0 aromatic heterocycles. The van der Waals surface area contributed by atoms with Gasteiger partial charge < -0.3 is 14.4 Å². The Bertz CT molecular complexity index is 762. The van der Waals surface area contributed by atoms with E-state index in [1.165, 1.54) is 17.5 Å². The van der Waals surface area contributed by atoms with E-state index in [1.807, 2.05) is 6.07 Å². The van der Waals surface area contributed by atoms with Gasteiger partial charge in [0.1, 0.15) is 0 Å². The maximum atomic E-state index is 13.2. The van der Waals surface area contributed by atoms with Crippen molar-refractivity contribution in [1.82, 2.24) is 9.80 Å². The van der Waals surface area contributed by atoms with Crippen LogP contribution >= 0.6 is 0 Å². The maximum Gasteiger partial charge on any atom is 0.255 e. The number of hydrogen-bond acceptors (Lipinski definition) is 4. The second-order valence-electron chi connectivity index (χ2n) is 10.3. The molecule has 2 fully saturated rings. The summed E-state index contributed by atoms with van der Waals surface area (Å²) in [6.07, 6.45) is 2.07. The number of hydrogen-bond donors (Lipinski definition) is 0. The molecule has 2 heterocycles. The fraction of sp³-hybridized carbons (Fsp3) is 0.739. The highest BCUT2D eigenvalue weighted by atomic mass is 19.3. The van der Waals surface area contributed by atoms with Crippen LogP contribution < -0.4 is 9.47 Å². The van der Waals surface area contributed by atoms with E-state index in [1.54, 1.807) is 7.11 Å². The molecule has 1 saturated heterocycles. The number of benzene rings is 1. The van der Waals surface area contributed by atoms with Crippen molar-refractivity contribution in [2.45, 2.75) is 58.0 Å². The van der Waals surface area contributed by atoms with Crippen molar-refractivity contribution < 1.29 is 18.3 Å². The van der Waals surface area contributed by atoms with Gasteiger partial charge in [-0.1, -0.05) is 20.8 Å². The van der Waals surface area contributed by atoms with Gasteiger partial charge in [0.15, 0.2) is 11.5 Å². The summed E-state index contributed by atoms with van der Waals surface area (Å²) in [5.41, 5.74) is 2.86. The number of ether oxygens (including phenoxy) is 2. The van der Waals surface area contributed by atoms with E-state index in [0.29, 0.717) is 29.0 Å². The summed E-state index contributed by atoms with van der Waals surface area (Å²) >= 11 is 0. The minimum absolute atomic E-state index is 0.0505. The van der Waals surface area contributed by atoms with E-state index in [4.69, 9.17) is 9.47 Å². The van der Waals surface area contributed by atoms with Crippen molar-refractivity contribution in [2.24, 2.45) is 11.3 Å². The number of alkyl halides is 2. The third-order valence-corrected chi connectivity index (χ3v) is 6.67. The van der Waals surface area contributed by atoms with Crippen molar-refractivity contribution in [3.63, 3.8) is 0 Å². The summed E-state index contributed by atoms with van der Waals surface area (Å²) in [6.45, 7) is 10.1. The Labute approximate surface area is 173 Å². The second kappa shape index (κ2) is 7.38. The fourth-order valence-corrected chi connectivity index (χ4v) is 4.87. The lowest BCUT2D eigenvalue weighted by Gasteiger charge is -2.49. The van der Waals surface area contributed by atoms with Crippen LogP contribution in [0.15, 0.2) is 12.1 Å². The lowest BCUT2D eigenvalue weighted by Crippen LogP contribution is -2.55. The summed E-state index contributed by atoms with van der Waals surface area (Å²) in [5.74, 6) is -1.98. The normalized spacial score (nSPS) is 29.1. The number of fused-ring (bicyclic) bond motifs is 3. The first-order valence-corrected chi connectivity index (χ1v) is 10.7. The number of halogens is 2. The molecule has 1 aliphatic carbocycles. The van der Waals surface area contributed by atoms with E-state index in [-0.39, 0.29) is 13.0 Å². The molecule has 4 nitrogen and oxygen atoms in total. The zero-order chi connectivity index (χ0) is 21.0. The van der Waals surface area contributed by atoms with E-state index in [0.717, 1.165) is 26.1 Å². The lowest BCUT2D eigenvalue weighted by atomic mass is 9.84. The molecule has 0 N–H and O–H groups in total. The molecular weight excluding hydrogens is 374 g/mol. The summed E-state index contributed by atoms with van der Waals surface area (Å²) in [7, 11) is 3.85. The maximum absolute atomic E-state index is 13.2. The van der Waals surface area contributed by atoms with Crippen LogP contribution in [0.25, 0.3) is 0 Å². The quantitative estimate of drug-likeness (QED) is 0.722. The molecule has 0 spiro atoms. The zero-order valence-electron chi connectivity index (χ0n) is 18.3. The second-order valence-corrected chi connectivity index (χ2v) is 10.3. The van der Waals surface area contributed by atoms with Gasteiger partial charge in [0.05, 0.1) is 19.6 Å². The van der Waals surface area contributed by atoms with Crippen molar-refractivity contribution in [2.75, 3.05) is 40.4 Å². The molecule has 162 valence electrons. The molecule has 4 rings (SSSR count). The Balaban J connectivity index is 1.51. The summed E-state index contributed by atoms with van der Waals surface area (Å²) in [5, 5.41) is 0. The van der Waals surface area contributed by atoms with Crippen LogP contribution in [-0.4, -0.2) is 62.2 Å². The van der Waals surface area contributed by atoms with Gasteiger partial charge in [0.25, 0.3) is 5.92 Å². The van der Waals surface area contributed by atoms with Gasteiger partial charge in [-0.15, -0.1) is 0 Å². The average Bonchev–Trinajstić information content (AvgIpc) is 3.25. The molecule has 29 heavy (non-hydrogen) atoms. The third-order valence-electron chi connectivity index (χ3n) is 6.67. The molecule has 3 atom stereocenters. The van der Waals surface area contributed by atoms with Crippen LogP contribution in [-0.2, 0) is 6.42 Å². The number of rotatable bonds is 5. The van der Waals surface area contributed by atoms with Gasteiger partial charge in [-0.3, -0.25) is 4.90 Å². The van der Waals surface area contributed by atoms with Crippen molar-refractivity contribution in [3.05, 3.63) is 23.3 Å². The van der Waals surface area contributed by atoms with Gasteiger partial charge in [-0.2, -0.15) is 0 Å². The smallest absolute Gasteiger partial charge is 0.255 e. The van der Waals surface area contributed by atoms with E-state index >= 15 is 0 Å². The van der Waals surface area contributed by atoms with E-state index in [2.05, 4.69) is 43.7 Å². The monoisotopic (exact) mass is 408 g/mol. The first kappa shape index (κ1) is 20.9. The molecule has 0 radical (unpaired) electrons. The number of piperazine rings is 1. The molecular formula is C23H34F2N2O2. The Morgan fingerprint density at radius 3 is 2.52 bits per heavy atom. The minimum atomic E-state index is -2.56. The highest BCUT2D eigenvalue weighted by Gasteiger charge is 2.57. The van der Waals surface area contributed by atoms with Crippen LogP contribution in [0, 0.1) is 11.3 Å². The molecule has 0 bridgehead atoms. The molecule has 3 aliphatic rings. The molecule has 6 heteroatoms. The zero-order valence-corrected chi connectivity index (χ0v) is 18.3. The SMILES string of the molecule is COc1cc2c(cc1OCC1CC1(F)F)CCN1C[C@@H](CC(C)(C)C)N(C)C[C@H]21. The fourth-order valence-electron chi connectivity index (χ4n) is 4.87. The van der Waals surface area contributed by atoms with Crippen LogP contribution in [0.2, 0.25) is 0 Å².